The Labute approximate surface area is 165 Å². The SMILES string of the molecule is COC(=O)CSCCC(=O)N1CCN(S(=O)(=O)c2ccc(C)c(C)c2)CC1. The molecule has 0 radical (unpaired) electrons. The first-order chi connectivity index (χ1) is 12.8. The highest BCUT2D eigenvalue weighted by molar-refractivity contribution is 7.99. The molecule has 0 bridgehead atoms. The van der Waals surface area contributed by atoms with Gasteiger partial charge in [-0.3, -0.25) is 9.59 Å². The van der Waals surface area contributed by atoms with Crippen molar-refractivity contribution in [2.45, 2.75) is 25.2 Å². The molecule has 9 heteroatoms. The molecule has 0 N–H and O–H groups in total. The molecule has 1 heterocycles. The Balaban J connectivity index is 1.86. The Kier molecular flexibility index (Phi) is 7.69. The standard InChI is InChI=1S/C18H26N2O5S2/c1-14-4-5-16(12-15(14)2)27(23,24)20-9-7-19(8-10-20)17(21)6-11-26-13-18(22)25-3/h4-5,12H,6-11,13H2,1-3H3. The summed E-state index contributed by atoms with van der Waals surface area (Å²) in [4.78, 5) is 25.3. The number of methoxy groups -OCH3 is 1. The predicted octanol–water partition coefficient (Wildman–Crippen LogP) is 1.43. The Morgan fingerprint density at radius 3 is 2.37 bits per heavy atom. The highest BCUT2D eigenvalue weighted by Crippen LogP contribution is 2.20. The first-order valence-electron chi connectivity index (χ1n) is 8.75. The van der Waals surface area contributed by atoms with Crippen LogP contribution in [0.15, 0.2) is 23.1 Å². The van der Waals surface area contributed by atoms with Crippen LogP contribution >= 0.6 is 11.8 Å². The van der Waals surface area contributed by atoms with Crippen LogP contribution in [-0.4, -0.2) is 74.3 Å². The highest BCUT2D eigenvalue weighted by atomic mass is 32.2. The molecule has 0 unspecified atom stereocenters. The first-order valence-corrected chi connectivity index (χ1v) is 11.3. The van der Waals surface area contributed by atoms with E-state index in [4.69, 9.17) is 0 Å². The Morgan fingerprint density at radius 1 is 1.11 bits per heavy atom. The van der Waals surface area contributed by atoms with Crippen LogP contribution in [0.3, 0.4) is 0 Å². The van der Waals surface area contributed by atoms with Crippen LogP contribution in [0.2, 0.25) is 0 Å². The molecule has 1 amide bonds. The van der Waals surface area contributed by atoms with Crippen LogP contribution in [0.4, 0.5) is 0 Å². The zero-order valence-corrected chi connectivity index (χ0v) is 17.6. The number of carbonyl (C=O) groups excluding carboxylic acids is 2. The van der Waals surface area contributed by atoms with Gasteiger partial charge in [0, 0.05) is 38.4 Å². The van der Waals surface area contributed by atoms with E-state index in [1.54, 1.807) is 17.0 Å². The fraction of sp³-hybridized carbons (Fsp3) is 0.556. The van der Waals surface area contributed by atoms with Crippen molar-refractivity contribution in [1.29, 1.82) is 0 Å². The van der Waals surface area contributed by atoms with E-state index in [0.717, 1.165) is 11.1 Å². The molecule has 1 saturated heterocycles. The number of hydrogen-bond acceptors (Lipinski definition) is 6. The molecule has 1 aromatic carbocycles. The van der Waals surface area contributed by atoms with Gasteiger partial charge in [-0.15, -0.1) is 11.8 Å². The number of aryl methyl sites for hydroxylation is 2. The van der Waals surface area contributed by atoms with E-state index in [-0.39, 0.29) is 30.7 Å². The lowest BCUT2D eigenvalue weighted by Crippen LogP contribution is -2.50. The number of esters is 1. The van der Waals surface area contributed by atoms with Crippen LogP contribution in [0.1, 0.15) is 17.5 Å². The highest BCUT2D eigenvalue weighted by Gasteiger charge is 2.30. The second kappa shape index (κ2) is 9.57. The molecule has 1 aliphatic heterocycles. The van der Waals surface area contributed by atoms with E-state index in [0.29, 0.717) is 30.2 Å². The minimum absolute atomic E-state index is 0.0180. The summed E-state index contributed by atoms with van der Waals surface area (Å²) in [5.41, 5.74) is 1.99. The van der Waals surface area contributed by atoms with Crippen LogP contribution in [0.5, 0.6) is 0 Å². The summed E-state index contributed by atoms with van der Waals surface area (Å²) < 4.78 is 31.6. The van der Waals surface area contributed by atoms with Gasteiger partial charge in [0.1, 0.15) is 0 Å². The third-order valence-corrected chi connectivity index (χ3v) is 7.44. The summed E-state index contributed by atoms with van der Waals surface area (Å²) in [6.07, 6.45) is 0.325. The Morgan fingerprint density at radius 2 is 1.78 bits per heavy atom. The lowest BCUT2D eigenvalue weighted by molar-refractivity contribution is -0.137. The van der Waals surface area contributed by atoms with Gasteiger partial charge in [0.05, 0.1) is 17.8 Å². The fourth-order valence-corrected chi connectivity index (χ4v) is 4.99. The summed E-state index contributed by atoms with van der Waals surface area (Å²) in [6, 6.07) is 5.14. The number of hydrogen-bond donors (Lipinski definition) is 0. The topological polar surface area (TPSA) is 84.0 Å². The van der Waals surface area contributed by atoms with Crippen molar-refractivity contribution in [3.63, 3.8) is 0 Å². The van der Waals surface area contributed by atoms with Crippen LogP contribution < -0.4 is 0 Å². The summed E-state index contributed by atoms with van der Waals surface area (Å²) in [7, 11) is -2.21. The molecule has 1 fully saturated rings. The predicted molar refractivity (Wildman–Crippen MR) is 105 cm³/mol. The maximum atomic E-state index is 12.8. The van der Waals surface area contributed by atoms with Gasteiger partial charge in [0.25, 0.3) is 0 Å². The minimum atomic E-state index is -3.54. The fourth-order valence-electron chi connectivity index (χ4n) is 2.73. The Hall–Kier alpha value is -1.58. The average Bonchev–Trinajstić information content (AvgIpc) is 2.66. The third kappa shape index (κ3) is 5.70. The van der Waals surface area contributed by atoms with Gasteiger partial charge in [-0.05, 0) is 37.1 Å². The van der Waals surface area contributed by atoms with Gasteiger partial charge in [-0.2, -0.15) is 4.31 Å². The lowest BCUT2D eigenvalue weighted by atomic mass is 10.1. The van der Waals surface area contributed by atoms with E-state index >= 15 is 0 Å². The molecular formula is C18H26N2O5S2. The number of piperazine rings is 1. The molecule has 0 spiro atoms. The number of nitrogens with zero attached hydrogens (tertiary/aromatic N) is 2. The van der Waals surface area contributed by atoms with E-state index < -0.39 is 10.0 Å². The first kappa shape index (κ1) is 21.7. The molecule has 7 nitrogen and oxygen atoms in total. The maximum Gasteiger partial charge on any atom is 0.315 e. The van der Waals surface area contributed by atoms with Crippen molar-refractivity contribution < 1.29 is 22.7 Å². The molecule has 1 aliphatic rings. The van der Waals surface area contributed by atoms with E-state index in [1.807, 2.05) is 19.9 Å². The van der Waals surface area contributed by atoms with Gasteiger partial charge in [-0.25, -0.2) is 8.42 Å². The smallest absolute Gasteiger partial charge is 0.315 e. The number of thioether (sulfide) groups is 1. The molecule has 0 atom stereocenters. The molecule has 1 aromatic rings. The number of benzene rings is 1. The van der Waals surface area contributed by atoms with Crippen LogP contribution in [0, 0.1) is 13.8 Å². The monoisotopic (exact) mass is 414 g/mol. The van der Waals surface area contributed by atoms with Gasteiger partial charge in [0.15, 0.2) is 0 Å². The van der Waals surface area contributed by atoms with Gasteiger partial charge >= 0.3 is 5.97 Å². The molecule has 0 aliphatic carbocycles. The van der Waals surface area contributed by atoms with Crippen molar-refractivity contribution >= 4 is 33.7 Å². The molecule has 2 rings (SSSR count). The second-order valence-electron chi connectivity index (χ2n) is 6.41. The number of amides is 1. The summed E-state index contributed by atoms with van der Waals surface area (Å²) in [6.45, 7) is 5.17. The molecule has 0 saturated carbocycles. The Bertz CT molecular complexity index is 787. The van der Waals surface area contributed by atoms with Crippen molar-refractivity contribution in [3.05, 3.63) is 29.3 Å². The summed E-state index contributed by atoms with van der Waals surface area (Å²) in [5.74, 6) is 0.439. The quantitative estimate of drug-likeness (QED) is 0.496. The largest absolute Gasteiger partial charge is 0.468 e. The van der Waals surface area contributed by atoms with Crippen molar-refractivity contribution in [2.75, 3.05) is 44.8 Å². The molecular weight excluding hydrogens is 388 g/mol. The number of ether oxygens (including phenoxy) is 1. The second-order valence-corrected chi connectivity index (χ2v) is 9.45. The third-order valence-electron chi connectivity index (χ3n) is 4.62. The number of sulfonamides is 1. The zero-order chi connectivity index (χ0) is 20.0. The van der Waals surface area contributed by atoms with Gasteiger partial charge in [-0.1, -0.05) is 6.07 Å². The van der Waals surface area contributed by atoms with E-state index in [1.165, 1.54) is 23.2 Å². The van der Waals surface area contributed by atoms with Gasteiger partial charge < -0.3 is 9.64 Å². The van der Waals surface area contributed by atoms with Crippen molar-refractivity contribution in [2.24, 2.45) is 0 Å². The van der Waals surface area contributed by atoms with Crippen LogP contribution in [-0.2, 0) is 24.3 Å². The zero-order valence-electron chi connectivity index (χ0n) is 15.9. The average molecular weight is 415 g/mol. The van der Waals surface area contributed by atoms with Crippen molar-refractivity contribution in [1.82, 2.24) is 9.21 Å². The number of rotatable bonds is 7. The molecule has 27 heavy (non-hydrogen) atoms. The summed E-state index contributed by atoms with van der Waals surface area (Å²) in [5, 5.41) is 0. The summed E-state index contributed by atoms with van der Waals surface area (Å²) >= 11 is 1.35. The van der Waals surface area contributed by atoms with Crippen molar-refractivity contribution in [3.8, 4) is 0 Å². The van der Waals surface area contributed by atoms with Gasteiger partial charge in [0.2, 0.25) is 15.9 Å². The van der Waals surface area contributed by atoms with E-state index in [2.05, 4.69) is 4.74 Å². The van der Waals surface area contributed by atoms with E-state index in [9.17, 15) is 18.0 Å². The molecule has 150 valence electrons. The molecule has 0 aromatic heterocycles. The number of carbonyl (C=O) groups is 2. The van der Waals surface area contributed by atoms with Crippen LogP contribution in [0.25, 0.3) is 0 Å². The minimum Gasteiger partial charge on any atom is -0.468 e. The lowest BCUT2D eigenvalue weighted by Gasteiger charge is -2.34. The normalized spacial score (nSPS) is 15.6. The maximum absolute atomic E-state index is 12.8.